The molecule has 1 N–H and O–H groups in total. The van der Waals surface area contributed by atoms with E-state index in [0.29, 0.717) is 25.7 Å². The number of hydrogen-bond acceptors (Lipinski definition) is 3. The standard InChI is InChI=1S/C21H27NO3/c23-20(21-10-15-6-16(11-21)8-17(7-15)12-21)22-13-14-2-3-18-19(9-14)25-5-1-4-24-18/h2-3,9,15-17H,1,4-8,10-13H2,(H,22,23). The van der Waals surface area contributed by atoms with Crippen LogP contribution in [0.4, 0.5) is 0 Å². The average molecular weight is 341 g/mol. The third-order valence-corrected chi connectivity index (χ3v) is 6.78. The van der Waals surface area contributed by atoms with Crippen LogP contribution in [-0.4, -0.2) is 19.1 Å². The Bertz CT molecular complexity index is 648. The molecule has 134 valence electrons. The average Bonchev–Trinajstić information content (AvgIpc) is 2.83. The van der Waals surface area contributed by atoms with Crippen molar-refractivity contribution in [3.8, 4) is 11.5 Å². The highest BCUT2D eigenvalue weighted by Gasteiger charge is 2.54. The number of rotatable bonds is 3. The van der Waals surface area contributed by atoms with Gasteiger partial charge in [-0.15, -0.1) is 0 Å². The smallest absolute Gasteiger partial charge is 0.226 e. The van der Waals surface area contributed by atoms with Crippen molar-refractivity contribution < 1.29 is 14.3 Å². The fraction of sp³-hybridized carbons (Fsp3) is 0.667. The van der Waals surface area contributed by atoms with Gasteiger partial charge in [0.05, 0.1) is 13.2 Å². The molecular formula is C21H27NO3. The molecule has 4 aliphatic carbocycles. The molecule has 1 amide bonds. The van der Waals surface area contributed by atoms with Gasteiger partial charge in [-0.3, -0.25) is 4.79 Å². The van der Waals surface area contributed by atoms with E-state index in [4.69, 9.17) is 9.47 Å². The number of amides is 1. The van der Waals surface area contributed by atoms with Gasteiger partial charge in [-0.1, -0.05) is 6.07 Å². The fourth-order valence-corrected chi connectivity index (χ4v) is 6.08. The monoisotopic (exact) mass is 341 g/mol. The van der Waals surface area contributed by atoms with Crippen LogP contribution in [0.5, 0.6) is 11.5 Å². The molecule has 25 heavy (non-hydrogen) atoms. The van der Waals surface area contributed by atoms with Crippen molar-refractivity contribution in [1.29, 1.82) is 0 Å². The molecule has 0 unspecified atom stereocenters. The summed E-state index contributed by atoms with van der Waals surface area (Å²) in [5.41, 5.74) is 1.02. The molecule has 1 aromatic carbocycles. The second-order valence-electron chi connectivity index (χ2n) is 8.71. The molecule has 4 bridgehead atoms. The number of benzene rings is 1. The Morgan fingerprint density at radius 3 is 2.32 bits per heavy atom. The second kappa shape index (κ2) is 5.93. The molecule has 1 aromatic rings. The van der Waals surface area contributed by atoms with Crippen molar-refractivity contribution in [2.24, 2.45) is 23.2 Å². The maximum Gasteiger partial charge on any atom is 0.226 e. The second-order valence-corrected chi connectivity index (χ2v) is 8.71. The first-order valence-corrected chi connectivity index (χ1v) is 9.87. The van der Waals surface area contributed by atoms with E-state index in [1.807, 2.05) is 18.2 Å². The van der Waals surface area contributed by atoms with Crippen molar-refractivity contribution >= 4 is 5.91 Å². The van der Waals surface area contributed by atoms with Gasteiger partial charge in [0, 0.05) is 18.4 Å². The molecule has 0 radical (unpaired) electrons. The molecule has 0 saturated heterocycles. The third kappa shape index (κ3) is 2.80. The number of carbonyl (C=O) groups excluding carboxylic acids is 1. The van der Waals surface area contributed by atoms with Gasteiger partial charge in [0.25, 0.3) is 0 Å². The largest absolute Gasteiger partial charge is 0.490 e. The lowest BCUT2D eigenvalue weighted by Crippen LogP contribution is -2.53. The normalized spacial score (nSPS) is 35.3. The van der Waals surface area contributed by atoms with Crippen LogP contribution in [0.15, 0.2) is 18.2 Å². The summed E-state index contributed by atoms with van der Waals surface area (Å²) in [6.45, 7) is 1.97. The van der Waals surface area contributed by atoms with Crippen molar-refractivity contribution in [3.05, 3.63) is 23.8 Å². The Balaban J connectivity index is 1.27. The first kappa shape index (κ1) is 15.5. The van der Waals surface area contributed by atoms with Gasteiger partial charge < -0.3 is 14.8 Å². The summed E-state index contributed by atoms with van der Waals surface area (Å²) in [6.07, 6.45) is 8.37. The molecule has 4 fully saturated rings. The number of fused-ring (bicyclic) bond motifs is 1. The van der Waals surface area contributed by atoms with Gasteiger partial charge >= 0.3 is 0 Å². The van der Waals surface area contributed by atoms with E-state index in [1.54, 1.807) is 0 Å². The van der Waals surface area contributed by atoms with Gasteiger partial charge in [0.15, 0.2) is 11.5 Å². The minimum atomic E-state index is -0.0694. The zero-order valence-corrected chi connectivity index (χ0v) is 14.8. The highest BCUT2D eigenvalue weighted by atomic mass is 16.5. The van der Waals surface area contributed by atoms with E-state index in [2.05, 4.69) is 5.32 Å². The van der Waals surface area contributed by atoms with Gasteiger partial charge in [-0.25, -0.2) is 0 Å². The highest BCUT2D eigenvalue weighted by molar-refractivity contribution is 5.83. The van der Waals surface area contributed by atoms with Crippen LogP contribution in [0, 0.1) is 23.2 Å². The molecular weight excluding hydrogens is 314 g/mol. The topological polar surface area (TPSA) is 47.6 Å². The lowest BCUT2D eigenvalue weighted by atomic mass is 9.49. The summed E-state index contributed by atoms with van der Waals surface area (Å²) < 4.78 is 11.4. The van der Waals surface area contributed by atoms with E-state index in [0.717, 1.165) is 60.5 Å². The minimum absolute atomic E-state index is 0.0694. The first-order valence-electron chi connectivity index (χ1n) is 9.87. The maximum atomic E-state index is 13.0. The molecule has 4 saturated carbocycles. The minimum Gasteiger partial charge on any atom is -0.490 e. The van der Waals surface area contributed by atoms with Crippen LogP contribution in [0.2, 0.25) is 0 Å². The zero-order chi connectivity index (χ0) is 16.9. The lowest BCUT2D eigenvalue weighted by Gasteiger charge is -2.55. The predicted octanol–water partition coefficient (Wildman–Crippen LogP) is 3.68. The van der Waals surface area contributed by atoms with Crippen molar-refractivity contribution in [1.82, 2.24) is 5.32 Å². The summed E-state index contributed by atoms with van der Waals surface area (Å²) >= 11 is 0. The van der Waals surface area contributed by atoms with Crippen LogP contribution in [0.3, 0.4) is 0 Å². The number of hydrogen-bond donors (Lipinski definition) is 1. The molecule has 4 nitrogen and oxygen atoms in total. The van der Waals surface area contributed by atoms with Crippen LogP contribution in [0.1, 0.15) is 50.5 Å². The quantitative estimate of drug-likeness (QED) is 0.912. The van der Waals surface area contributed by atoms with Gasteiger partial charge in [-0.05, 0) is 74.0 Å². The number of carbonyl (C=O) groups is 1. The van der Waals surface area contributed by atoms with E-state index < -0.39 is 0 Å². The molecule has 0 aromatic heterocycles. The zero-order valence-electron chi connectivity index (χ0n) is 14.8. The van der Waals surface area contributed by atoms with Crippen LogP contribution in [0.25, 0.3) is 0 Å². The van der Waals surface area contributed by atoms with E-state index in [1.165, 1.54) is 19.3 Å². The van der Waals surface area contributed by atoms with Crippen molar-refractivity contribution in [2.45, 2.75) is 51.5 Å². The Hall–Kier alpha value is -1.71. The molecule has 6 rings (SSSR count). The summed E-state index contributed by atoms with van der Waals surface area (Å²) in [7, 11) is 0. The molecule has 1 aliphatic heterocycles. The highest BCUT2D eigenvalue weighted by Crippen LogP contribution is 2.60. The number of nitrogens with one attached hydrogen (secondary N) is 1. The van der Waals surface area contributed by atoms with E-state index in [-0.39, 0.29) is 5.41 Å². The summed E-state index contributed by atoms with van der Waals surface area (Å²) in [5, 5.41) is 3.24. The fourth-order valence-electron chi connectivity index (χ4n) is 6.08. The Kier molecular flexibility index (Phi) is 3.68. The summed E-state index contributed by atoms with van der Waals surface area (Å²) in [5.74, 6) is 4.31. The van der Waals surface area contributed by atoms with Crippen LogP contribution >= 0.6 is 0 Å². The predicted molar refractivity (Wildman–Crippen MR) is 94.5 cm³/mol. The summed E-state index contributed by atoms with van der Waals surface area (Å²) in [6, 6.07) is 6.01. The van der Waals surface area contributed by atoms with Gasteiger partial charge in [-0.2, -0.15) is 0 Å². The van der Waals surface area contributed by atoms with Gasteiger partial charge in [0.2, 0.25) is 5.91 Å². The Morgan fingerprint density at radius 2 is 1.64 bits per heavy atom. The molecule has 1 heterocycles. The molecule has 0 atom stereocenters. The lowest BCUT2D eigenvalue weighted by molar-refractivity contribution is -0.146. The Morgan fingerprint density at radius 1 is 1.00 bits per heavy atom. The van der Waals surface area contributed by atoms with E-state index in [9.17, 15) is 4.79 Å². The van der Waals surface area contributed by atoms with Crippen molar-refractivity contribution in [3.63, 3.8) is 0 Å². The maximum absolute atomic E-state index is 13.0. The third-order valence-electron chi connectivity index (χ3n) is 6.78. The SMILES string of the molecule is O=C(NCc1ccc2c(c1)OCCCO2)C12CC3CC(CC(C3)C1)C2. The molecule has 0 spiro atoms. The molecule has 4 heteroatoms. The first-order chi connectivity index (χ1) is 12.2. The van der Waals surface area contributed by atoms with Gasteiger partial charge in [0.1, 0.15) is 0 Å². The number of ether oxygens (including phenoxy) is 2. The summed E-state index contributed by atoms with van der Waals surface area (Å²) in [4.78, 5) is 13.0. The van der Waals surface area contributed by atoms with E-state index >= 15 is 0 Å². The van der Waals surface area contributed by atoms with Crippen LogP contribution < -0.4 is 14.8 Å². The van der Waals surface area contributed by atoms with Crippen molar-refractivity contribution in [2.75, 3.05) is 13.2 Å². The molecule has 5 aliphatic rings. The van der Waals surface area contributed by atoms with Crippen LogP contribution in [-0.2, 0) is 11.3 Å². The Labute approximate surface area is 149 Å².